The van der Waals surface area contributed by atoms with Crippen molar-refractivity contribution in [2.45, 2.75) is 37.7 Å². The van der Waals surface area contributed by atoms with E-state index in [2.05, 4.69) is 36.6 Å². The molecule has 1 heterocycles. The number of ether oxygens (including phenoxy) is 1. The Morgan fingerprint density at radius 1 is 1.29 bits per heavy atom. The lowest BCUT2D eigenvalue weighted by Gasteiger charge is -2.36. The highest BCUT2D eigenvalue weighted by Gasteiger charge is 2.40. The zero-order valence-corrected chi connectivity index (χ0v) is 13.2. The van der Waals surface area contributed by atoms with Gasteiger partial charge in [0.2, 0.25) is 0 Å². The van der Waals surface area contributed by atoms with E-state index in [-0.39, 0.29) is 11.3 Å². The van der Waals surface area contributed by atoms with E-state index >= 15 is 0 Å². The zero-order valence-electron chi connectivity index (χ0n) is 13.2. The Balaban J connectivity index is 2.00. The molecule has 0 atom stereocenters. The molecule has 1 aliphatic rings. The fourth-order valence-electron chi connectivity index (χ4n) is 2.81. The average molecular weight is 290 g/mol. The highest BCUT2D eigenvalue weighted by Crippen LogP contribution is 2.25. The van der Waals surface area contributed by atoms with E-state index in [1.54, 1.807) is 7.11 Å². The lowest BCUT2D eigenvalue weighted by Crippen LogP contribution is -2.55. The fraction of sp³-hybridized carbons (Fsp3) is 0.588. The van der Waals surface area contributed by atoms with Gasteiger partial charge in [-0.15, -0.1) is 0 Å². The molecule has 1 aromatic rings. The third-order valence-corrected chi connectivity index (χ3v) is 4.46. The monoisotopic (exact) mass is 290 g/mol. The van der Waals surface area contributed by atoms with Crippen LogP contribution < -0.4 is 10.6 Å². The summed E-state index contributed by atoms with van der Waals surface area (Å²) in [6.07, 6.45) is 1.45. The van der Waals surface area contributed by atoms with Crippen LogP contribution in [0, 0.1) is 0 Å². The van der Waals surface area contributed by atoms with Crippen LogP contribution in [0.15, 0.2) is 30.3 Å². The minimum atomic E-state index is -0.669. The van der Waals surface area contributed by atoms with Crippen LogP contribution in [-0.4, -0.2) is 38.3 Å². The van der Waals surface area contributed by atoms with Crippen molar-refractivity contribution in [2.24, 2.45) is 0 Å². The lowest BCUT2D eigenvalue weighted by atomic mass is 9.84. The van der Waals surface area contributed by atoms with Crippen LogP contribution in [0.1, 0.15) is 32.3 Å². The van der Waals surface area contributed by atoms with E-state index in [0.29, 0.717) is 6.54 Å². The first-order chi connectivity index (χ1) is 10.0. The van der Waals surface area contributed by atoms with Crippen LogP contribution in [0.3, 0.4) is 0 Å². The normalized spacial score (nSPS) is 18.2. The highest BCUT2D eigenvalue weighted by atomic mass is 16.5. The molecule has 1 aliphatic heterocycles. The Morgan fingerprint density at radius 2 is 1.90 bits per heavy atom. The van der Waals surface area contributed by atoms with E-state index < -0.39 is 5.60 Å². The maximum Gasteiger partial charge on any atom is 0.252 e. The third-order valence-electron chi connectivity index (χ3n) is 4.46. The molecular weight excluding hydrogens is 264 g/mol. The zero-order chi connectivity index (χ0) is 15.3. The van der Waals surface area contributed by atoms with Crippen LogP contribution in [-0.2, 0) is 14.9 Å². The van der Waals surface area contributed by atoms with Gasteiger partial charge in [-0.2, -0.15) is 0 Å². The summed E-state index contributed by atoms with van der Waals surface area (Å²) in [6, 6.07) is 10.3. The second-order valence-corrected chi connectivity index (χ2v) is 6.38. The molecule has 0 aromatic heterocycles. The SMILES string of the molecule is COC1(C(=O)NCC(C)(C)c2ccccc2)CCNCC1. The smallest absolute Gasteiger partial charge is 0.252 e. The first-order valence-corrected chi connectivity index (χ1v) is 7.60. The molecule has 4 heteroatoms. The van der Waals surface area contributed by atoms with Crippen LogP contribution in [0.25, 0.3) is 0 Å². The molecule has 0 spiro atoms. The largest absolute Gasteiger partial charge is 0.368 e. The van der Waals surface area contributed by atoms with Crippen molar-refractivity contribution in [1.82, 2.24) is 10.6 Å². The summed E-state index contributed by atoms with van der Waals surface area (Å²) in [5, 5.41) is 6.36. The summed E-state index contributed by atoms with van der Waals surface area (Å²) in [7, 11) is 1.63. The lowest BCUT2D eigenvalue weighted by molar-refractivity contribution is -0.146. The summed E-state index contributed by atoms with van der Waals surface area (Å²) >= 11 is 0. The first-order valence-electron chi connectivity index (χ1n) is 7.60. The molecule has 0 bridgehead atoms. The van der Waals surface area contributed by atoms with Crippen molar-refractivity contribution in [3.8, 4) is 0 Å². The van der Waals surface area contributed by atoms with E-state index in [0.717, 1.165) is 25.9 Å². The number of amides is 1. The number of hydrogen-bond donors (Lipinski definition) is 2. The van der Waals surface area contributed by atoms with Gasteiger partial charge in [-0.25, -0.2) is 0 Å². The molecule has 4 nitrogen and oxygen atoms in total. The molecule has 0 saturated carbocycles. The van der Waals surface area contributed by atoms with Gasteiger partial charge in [-0.3, -0.25) is 4.79 Å². The second kappa shape index (κ2) is 6.58. The summed E-state index contributed by atoms with van der Waals surface area (Å²) in [6.45, 7) is 6.54. The number of methoxy groups -OCH3 is 1. The van der Waals surface area contributed by atoms with Gasteiger partial charge in [0.25, 0.3) is 5.91 Å². The summed E-state index contributed by atoms with van der Waals surface area (Å²) in [5.41, 5.74) is 0.457. The molecule has 0 radical (unpaired) electrons. The molecule has 1 fully saturated rings. The van der Waals surface area contributed by atoms with Gasteiger partial charge in [-0.05, 0) is 31.5 Å². The number of carbonyl (C=O) groups excluding carboxylic acids is 1. The van der Waals surface area contributed by atoms with Gasteiger partial charge in [0.15, 0.2) is 0 Å². The van der Waals surface area contributed by atoms with Gasteiger partial charge in [-0.1, -0.05) is 44.2 Å². The minimum Gasteiger partial charge on any atom is -0.368 e. The van der Waals surface area contributed by atoms with Crippen LogP contribution >= 0.6 is 0 Å². The van der Waals surface area contributed by atoms with Gasteiger partial charge < -0.3 is 15.4 Å². The third kappa shape index (κ3) is 3.63. The van der Waals surface area contributed by atoms with E-state index in [1.165, 1.54) is 5.56 Å². The minimum absolute atomic E-state index is 0.00973. The fourth-order valence-corrected chi connectivity index (χ4v) is 2.81. The number of rotatable bonds is 5. The van der Waals surface area contributed by atoms with Crippen molar-refractivity contribution in [3.05, 3.63) is 35.9 Å². The van der Waals surface area contributed by atoms with Crippen LogP contribution in [0.4, 0.5) is 0 Å². The predicted molar refractivity (Wildman–Crippen MR) is 84.3 cm³/mol. The van der Waals surface area contributed by atoms with Crippen LogP contribution in [0.2, 0.25) is 0 Å². The Hall–Kier alpha value is -1.39. The van der Waals surface area contributed by atoms with Crippen molar-refractivity contribution in [1.29, 1.82) is 0 Å². The summed E-state index contributed by atoms with van der Waals surface area (Å²) in [4.78, 5) is 12.6. The quantitative estimate of drug-likeness (QED) is 0.870. The maximum atomic E-state index is 12.6. The van der Waals surface area contributed by atoms with E-state index in [9.17, 15) is 4.79 Å². The van der Waals surface area contributed by atoms with E-state index in [4.69, 9.17) is 4.74 Å². The molecule has 2 N–H and O–H groups in total. The maximum absolute atomic E-state index is 12.6. The van der Waals surface area contributed by atoms with Crippen LogP contribution in [0.5, 0.6) is 0 Å². The molecular formula is C17H26N2O2. The summed E-state index contributed by atoms with van der Waals surface area (Å²) in [5.74, 6) is 0.00973. The highest BCUT2D eigenvalue weighted by molar-refractivity contribution is 5.85. The molecule has 2 rings (SSSR count). The number of nitrogens with one attached hydrogen (secondary N) is 2. The first kappa shape index (κ1) is 16.0. The topological polar surface area (TPSA) is 50.4 Å². The predicted octanol–water partition coefficient (Wildman–Crippen LogP) is 1.85. The van der Waals surface area contributed by atoms with Gasteiger partial charge in [0.05, 0.1) is 0 Å². The Kier molecular flexibility index (Phi) is 5.01. The second-order valence-electron chi connectivity index (χ2n) is 6.38. The van der Waals surface area contributed by atoms with Gasteiger partial charge >= 0.3 is 0 Å². The van der Waals surface area contributed by atoms with Crippen molar-refractivity contribution >= 4 is 5.91 Å². The molecule has 0 unspecified atom stereocenters. The van der Waals surface area contributed by atoms with Gasteiger partial charge in [0.1, 0.15) is 5.60 Å². The molecule has 21 heavy (non-hydrogen) atoms. The number of carbonyl (C=O) groups is 1. The van der Waals surface area contributed by atoms with Crippen molar-refractivity contribution in [2.75, 3.05) is 26.7 Å². The Bertz CT molecular complexity index is 465. The molecule has 1 amide bonds. The molecule has 1 saturated heterocycles. The molecule has 116 valence electrons. The number of benzene rings is 1. The average Bonchev–Trinajstić information content (AvgIpc) is 2.54. The van der Waals surface area contributed by atoms with Crippen molar-refractivity contribution in [3.63, 3.8) is 0 Å². The summed E-state index contributed by atoms with van der Waals surface area (Å²) < 4.78 is 5.56. The molecule has 1 aromatic carbocycles. The number of hydrogen-bond acceptors (Lipinski definition) is 3. The van der Waals surface area contributed by atoms with E-state index in [1.807, 2.05) is 18.2 Å². The molecule has 0 aliphatic carbocycles. The Labute approximate surface area is 127 Å². The van der Waals surface area contributed by atoms with Gasteiger partial charge in [0, 0.05) is 19.1 Å². The standard InChI is InChI=1S/C17H26N2O2/c1-16(2,14-7-5-4-6-8-14)13-19-15(20)17(21-3)9-11-18-12-10-17/h4-8,18H,9-13H2,1-3H3,(H,19,20). The Morgan fingerprint density at radius 3 is 2.48 bits per heavy atom. The van der Waals surface area contributed by atoms with Crippen molar-refractivity contribution < 1.29 is 9.53 Å². The number of piperidine rings is 1.